The summed E-state index contributed by atoms with van der Waals surface area (Å²) in [6.45, 7) is 4.42. The molecule has 2 aromatic heterocycles. The molecule has 3 heterocycles. The molecule has 0 spiro atoms. The van der Waals surface area contributed by atoms with Gasteiger partial charge in [0.05, 0.1) is 19.7 Å². The SMILES string of the molecule is Cn1c(CNC(=O)c2nc3n(c(=O)c2O)CCOC3(C)C)cc2ccccc21. The molecular weight excluding hydrogens is 360 g/mol. The van der Waals surface area contributed by atoms with Crippen LogP contribution in [0, 0.1) is 0 Å². The number of aromatic hydroxyl groups is 1. The number of benzene rings is 1. The molecule has 0 unspecified atom stereocenters. The number of hydrogen-bond acceptors (Lipinski definition) is 5. The first-order chi connectivity index (χ1) is 13.3. The number of carbonyl (C=O) groups is 1. The van der Waals surface area contributed by atoms with E-state index in [1.54, 1.807) is 13.8 Å². The molecule has 4 rings (SSSR count). The predicted molar refractivity (Wildman–Crippen MR) is 103 cm³/mol. The summed E-state index contributed by atoms with van der Waals surface area (Å²) < 4.78 is 9.01. The molecule has 0 fully saturated rings. The van der Waals surface area contributed by atoms with Crippen LogP contribution in [0.3, 0.4) is 0 Å². The summed E-state index contributed by atoms with van der Waals surface area (Å²) in [5.41, 5.74) is 0.214. The van der Waals surface area contributed by atoms with E-state index >= 15 is 0 Å². The van der Waals surface area contributed by atoms with E-state index in [-0.39, 0.29) is 18.8 Å². The van der Waals surface area contributed by atoms with Crippen molar-refractivity contribution in [3.05, 3.63) is 57.9 Å². The van der Waals surface area contributed by atoms with Gasteiger partial charge in [-0.25, -0.2) is 4.98 Å². The van der Waals surface area contributed by atoms with E-state index in [2.05, 4.69) is 10.3 Å². The lowest BCUT2D eigenvalue weighted by atomic mass is 10.1. The van der Waals surface area contributed by atoms with Gasteiger partial charge in [-0.3, -0.25) is 14.2 Å². The molecule has 8 nitrogen and oxygen atoms in total. The lowest BCUT2D eigenvalue weighted by molar-refractivity contribution is -0.0566. The second kappa shape index (κ2) is 6.49. The molecule has 0 radical (unpaired) electrons. The van der Waals surface area contributed by atoms with Gasteiger partial charge in [-0.15, -0.1) is 0 Å². The van der Waals surface area contributed by atoms with Crippen molar-refractivity contribution in [1.82, 2.24) is 19.4 Å². The van der Waals surface area contributed by atoms with Gasteiger partial charge >= 0.3 is 0 Å². The van der Waals surface area contributed by atoms with Crippen LogP contribution in [0.15, 0.2) is 35.1 Å². The molecule has 28 heavy (non-hydrogen) atoms. The lowest BCUT2D eigenvalue weighted by Crippen LogP contribution is -2.42. The lowest BCUT2D eigenvalue weighted by Gasteiger charge is -2.32. The van der Waals surface area contributed by atoms with Crippen LogP contribution in [0.5, 0.6) is 5.75 Å². The Balaban J connectivity index is 1.64. The Kier molecular flexibility index (Phi) is 4.23. The van der Waals surface area contributed by atoms with Gasteiger partial charge in [0, 0.05) is 18.3 Å². The monoisotopic (exact) mass is 382 g/mol. The van der Waals surface area contributed by atoms with Crippen molar-refractivity contribution in [2.45, 2.75) is 32.5 Å². The van der Waals surface area contributed by atoms with Crippen molar-refractivity contribution in [3.8, 4) is 5.75 Å². The number of carbonyl (C=O) groups excluding carboxylic acids is 1. The summed E-state index contributed by atoms with van der Waals surface area (Å²) in [5.74, 6) is -0.920. The highest BCUT2D eigenvalue weighted by molar-refractivity contribution is 5.94. The number of nitrogens with one attached hydrogen (secondary N) is 1. The first-order valence-electron chi connectivity index (χ1n) is 9.09. The molecule has 1 aliphatic rings. The molecule has 1 aromatic carbocycles. The molecule has 2 N–H and O–H groups in total. The Morgan fingerprint density at radius 1 is 1.36 bits per heavy atom. The Labute approximate surface area is 161 Å². The van der Waals surface area contributed by atoms with Crippen LogP contribution in [0.25, 0.3) is 10.9 Å². The Morgan fingerprint density at radius 2 is 2.11 bits per heavy atom. The minimum atomic E-state index is -0.823. The second-order valence-corrected chi connectivity index (χ2v) is 7.38. The third-order valence-corrected chi connectivity index (χ3v) is 5.16. The number of amides is 1. The number of para-hydroxylation sites is 1. The Hall–Kier alpha value is -3.13. The molecule has 0 aliphatic carbocycles. The first kappa shape index (κ1) is 18.2. The highest BCUT2D eigenvalue weighted by atomic mass is 16.5. The van der Waals surface area contributed by atoms with Gasteiger partial charge in [0.15, 0.2) is 5.69 Å². The summed E-state index contributed by atoms with van der Waals surface area (Å²) in [7, 11) is 1.92. The molecule has 0 saturated heterocycles. The molecule has 1 amide bonds. The summed E-state index contributed by atoms with van der Waals surface area (Å²) in [6, 6.07) is 9.90. The van der Waals surface area contributed by atoms with Gasteiger partial charge in [0.25, 0.3) is 11.5 Å². The van der Waals surface area contributed by atoms with Crippen LogP contribution in [0.4, 0.5) is 0 Å². The van der Waals surface area contributed by atoms with Crippen molar-refractivity contribution < 1.29 is 14.6 Å². The van der Waals surface area contributed by atoms with E-state index in [1.165, 1.54) is 4.57 Å². The van der Waals surface area contributed by atoms with Gasteiger partial charge in [-0.1, -0.05) is 18.2 Å². The maximum Gasteiger partial charge on any atom is 0.296 e. The standard InChI is InChI=1S/C20H22N4O4/c1-20(2)19-22-15(16(25)18(27)24(19)8-9-28-20)17(26)21-11-13-10-12-6-4-5-7-14(12)23(13)3/h4-7,10,25H,8-9,11H2,1-3H3,(H,21,26). The number of nitrogens with zero attached hydrogens (tertiary/aromatic N) is 3. The minimum absolute atomic E-state index is 0.240. The van der Waals surface area contributed by atoms with Crippen LogP contribution in [-0.2, 0) is 30.5 Å². The third kappa shape index (κ3) is 2.86. The van der Waals surface area contributed by atoms with Gasteiger partial charge < -0.3 is 19.7 Å². The Morgan fingerprint density at radius 3 is 2.86 bits per heavy atom. The number of fused-ring (bicyclic) bond motifs is 2. The van der Waals surface area contributed by atoms with Gasteiger partial charge in [-0.2, -0.15) is 0 Å². The van der Waals surface area contributed by atoms with E-state index < -0.39 is 22.8 Å². The first-order valence-corrected chi connectivity index (χ1v) is 9.09. The zero-order valence-corrected chi connectivity index (χ0v) is 16.0. The van der Waals surface area contributed by atoms with Gasteiger partial charge in [-0.05, 0) is 31.4 Å². The minimum Gasteiger partial charge on any atom is -0.501 e. The van der Waals surface area contributed by atoms with Crippen LogP contribution >= 0.6 is 0 Å². The molecule has 8 heteroatoms. The van der Waals surface area contributed by atoms with E-state index in [4.69, 9.17) is 4.74 Å². The molecule has 0 bridgehead atoms. The maximum absolute atomic E-state index is 12.7. The number of ether oxygens (including phenoxy) is 1. The number of rotatable bonds is 3. The van der Waals surface area contributed by atoms with Gasteiger partial charge in [0.2, 0.25) is 5.75 Å². The number of hydrogen-bond donors (Lipinski definition) is 2. The van der Waals surface area contributed by atoms with Crippen molar-refractivity contribution >= 4 is 16.8 Å². The van der Waals surface area contributed by atoms with Crippen LogP contribution in [-0.4, -0.2) is 31.7 Å². The smallest absolute Gasteiger partial charge is 0.296 e. The second-order valence-electron chi connectivity index (χ2n) is 7.38. The molecule has 0 atom stereocenters. The summed E-state index contributed by atoms with van der Waals surface area (Å²) in [6.07, 6.45) is 0. The van der Waals surface area contributed by atoms with Crippen LogP contribution < -0.4 is 10.9 Å². The maximum atomic E-state index is 12.7. The molecule has 0 saturated carbocycles. The average molecular weight is 382 g/mol. The van der Waals surface area contributed by atoms with Gasteiger partial charge in [0.1, 0.15) is 11.4 Å². The normalized spacial score (nSPS) is 15.4. The quantitative estimate of drug-likeness (QED) is 0.718. The topological polar surface area (TPSA) is 98.4 Å². The third-order valence-electron chi connectivity index (χ3n) is 5.16. The fourth-order valence-electron chi connectivity index (χ4n) is 3.60. The van der Waals surface area contributed by atoms with Crippen molar-refractivity contribution in [2.75, 3.05) is 6.61 Å². The number of aryl methyl sites for hydroxylation is 1. The molecular formula is C20H22N4O4. The summed E-state index contributed by atoms with van der Waals surface area (Å²) >= 11 is 0. The van der Waals surface area contributed by atoms with E-state index in [1.807, 2.05) is 41.9 Å². The average Bonchev–Trinajstić information content (AvgIpc) is 2.99. The van der Waals surface area contributed by atoms with Crippen LogP contribution in [0.1, 0.15) is 35.9 Å². The molecule has 146 valence electrons. The zero-order valence-electron chi connectivity index (χ0n) is 16.0. The largest absolute Gasteiger partial charge is 0.501 e. The van der Waals surface area contributed by atoms with Crippen molar-refractivity contribution in [2.24, 2.45) is 7.05 Å². The zero-order chi connectivity index (χ0) is 20.1. The van der Waals surface area contributed by atoms with E-state index in [0.29, 0.717) is 12.4 Å². The summed E-state index contributed by atoms with van der Waals surface area (Å²) in [5, 5.41) is 14.1. The highest BCUT2D eigenvalue weighted by Crippen LogP contribution is 2.27. The van der Waals surface area contributed by atoms with E-state index in [9.17, 15) is 14.7 Å². The van der Waals surface area contributed by atoms with Crippen LogP contribution in [0.2, 0.25) is 0 Å². The number of aromatic nitrogens is 3. The predicted octanol–water partition coefficient (Wildman–Crippen LogP) is 1.64. The molecule has 1 aliphatic heterocycles. The van der Waals surface area contributed by atoms with Crippen molar-refractivity contribution in [1.29, 1.82) is 0 Å². The van der Waals surface area contributed by atoms with Crippen molar-refractivity contribution in [3.63, 3.8) is 0 Å². The molecule has 3 aromatic rings. The Bertz CT molecular complexity index is 1140. The van der Waals surface area contributed by atoms with E-state index in [0.717, 1.165) is 16.6 Å². The summed E-state index contributed by atoms with van der Waals surface area (Å²) in [4.78, 5) is 29.5. The highest BCUT2D eigenvalue weighted by Gasteiger charge is 2.34. The fourth-order valence-corrected chi connectivity index (χ4v) is 3.60. The fraction of sp³-hybridized carbons (Fsp3) is 0.350.